The van der Waals surface area contributed by atoms with E-state index in [0.29, 0.717) is 5.82 Å². The zero-order chi connectivity index (χ0) is 13.2. The van der Waals surface area contributed by atoms with Gasteiger partial charge in [0.25, 0.3) is 0 Å². The molecule has 17 heavy (non-hydrogen) atoms. The zero-order valence-corrected chi connectivity index (χ0v) is 10.9. The van der Waals surface area contributed by atoms with Crippen molar-refractivity contribution in [3.63, 3.8) is 0 Å². The van der Waals surface area contributed by atoms with Gasteiger partial charge in [-0.3, -0.25) is 13.9 Å². The molecule has 1 aromatic rings. The SMILES string of the molecule is CC(C)c1noc(=O)n1CC(=O)N(C)C(C)C. The fourth-order valence-corrected chi connectivity index (χ4v) is 1.38. The van der Waals surface area contributed by atoms with E-state index in [9.17, 15) is 9.59 Å². The molecule has 0 radical (unpaired) electrons. The van der Waals surface area contributed by atoms with Crippen molar-refractivity contribution in [1.29, 1.82) is 0 Å². The molecule has 1 aromatic heterocycles. The number of rotatable bonds is 4. The molecule has 0 aliphatic heterocycles. The summed E-state index contributed by atoms with van der Waals surface area (Å²) in [4.78, 5) is 24.9. The first kappa shape index (κ1) is 13.5. The fraction of sp³-hybridized carbons (Fsp3) is 0.727. The largest absolute Gasteiger partial charge is 0.442 e. The quantitative estimate of drug-likeness (QED) is 0.782. The van der Waals surface area contributed by atoms with Crippen LogP contribution in [-0.2, 0) is 11.3 Å². The molecule has 96 valence electrons. The average molecular weight is 241 g/mol. The van der Waals surface area contributed by atoms with Crippen molar-refractivity contribution in [3.05, 3.63) is 16.4 Å². The van der Waals surface area contributed by atoms with Crippen molar-refractivity contribution in [2.75, 3.05) is 7.05 Å². The molecule has 6 heteroatoms. The van der Waals surface area contributed by atoms with Gasteiger partial charge in [0.1, 0.15) is 6.54 Å². The first-order valence-electron chi connectivity index (χ1n) is 5.66. The smallest absolute Gasteiger partial charge is 0.342 e. The van der Waals surface area contributed by atoms with Crippen LogP contribution in [0.4, 0.5) is 0 Å². The van der Waals surface area contributed by atoms with Crippen LogP contribution in [0.3, 0.4) is 0 Å². The Balaban J connectivity index is 2.92. The lowest BCUT2D eigenvalue weighted by molar-refractivity contribution is -0.132. The fourth-order valence-electron chi connectivity index (χ4n) is 1.38. The molecule has 0 N–H and O–H groups in total. The summed E-state index contributed by atoms with van der Waals surface area (Å²) in [6.45, 7) is 7.59. The first-order valence-corrected chi connectivity index (χ1v) is 5.66. The highest BCUT2D eigenvalue weighted by Gasteiger charge is 2.19. The van der Waals surface area contributed by atoms with Crippen molar-refractivity contribution < 1.29 is 9.32 Å². The average Bonchev–Trinajstić information content (AvgIpc) is 2.59. The van der Waals surface area contributed by atoms with Gasteiger partial charge in [-0.25, -0.2) is 4.79 Å². The number of likely N-dealkylation sites (N-methyl/N-ethyl adjacent to an activating group) is 1. The standard InChI is InChI=1S/C11H19N3O3/c1-7(2)10-12-17-11(16)14(10)6-9(15)13(5)8(3)4/h7-8H,6H2,1-5H3. The van der Waals surface area contributed by atoms with Crippen molar-refractivity contribution in [1.82, 2.24) is 14.6 Å². The van der Waals surface area contributed by atoms with E-state index in [1.165, 1.54) is 4.57 Å². The van der Waals surface area contributed by atoms with Crippen LogP contribution in [0.5, 0.6) is 0 Å². The van der Waals surface area contributed by atoms with Crippen LogP contribution >= 0.6 is 0 Å². The Morgan fingerprint density at radius 2 is 2.00 bits per heavy atom. The number of carbonyl (C=O) groups excluding carboxylic acids is 1. The second-order valence-electron chi connectivity index (χ2n) is 4.65. The molecule has 1 amide bonds. The lowest BCUT2D eigenvalue weighted by Crippen LogP contribution is -2.37. The van der Waals surface area contributed by atoms with E-state index >= 15 is 0 Å². The normalized spacial score (nSPS) is 11.2. The molecule has 0 aliphatic rings. The highest BCUT2D eigenvalue weighted by molar-refractivity contribution is 5.76. The number of hydrogen-bond acceptors (Lipinski definition) is 4. The van der Waals surface area contributed by atoms with E-state index in [1.54, 1.807) is 11.9 Å². The van der Waals surface area contributed by atoms with Crippen LogP contribution in [0.25, 0.3) is 0 Å². The molecular formula is C11H19N3O3. The van der Waals surface area contributed by atoms with Gasteiger partial charge in [-0.2, -0.15) is 0 Å². The molecule has 0 saturated heterocycles. The summed E-state index contributed by atoms with van der Waals surface area (Å²) in [7, 11) is 1.71. The molecule has 0 atom stereocenters. The summed E-state index contributed by atoms with van der Waals surface area (Å²) in [5.41, 5.74) is 0. The van der Waals surface area contributed by atoms with Gasteiger partial charge in [0.2, 0.25) is 5.91 Å². The van der Waals surface area contributed by atoms with Crippen LogP contribution in [0, 0.1) is 0 Å². The molecule has 6 nitrogen and oxygen atoms in total. The number of nitrogens with zero attached hydrogens (tertiary/aromatic N) is 3. The molecule has 0 fully saturated rings. The Morgan fingerprint density at radius 3 is 2.47 bits per heavy atom. The van der Waals surface area contributed by atoms with Gasteiger partial charge in [0.15, 0.2) is 5.82 Å². The third-order valence-electron chi connectivity index (χ3n) is 2.69. The minimum atomic E-state index is -0.584. The van der Waals surface area contributed by atoms with Crippen molar-refractivity contribution in [2.45, 2.75) is 46.2 Å². The highest BCUT2D eigenvalue weighted by Crippen LogP contribution is 2.09. The summed E-state index contributed by atoms with van der Waals surface area (Å²) < 4.78 is 5.87. The molecule has 0 aromatic carbocycles. The summed E-state index contributed by atoms with van der Waals surface area (Å²) >= 11 is 0. The van der Waals surface area contributed by atoms with Crippen molar-refractivity contribution in [2.24, 2.45) is 0 Å². The van der Waals surface area contributed by atoms with Gasteiger partial charge in [-0.05, 0) is 13.8 Å². The lowest BCUT2D eigenvalue weighted by atomic mass is 10.2. The van der Waals surface area contributed by atoms with E-state index in [4.69, 9.17) is 0 Å². The molecule has 0 unspecified atom stereocenters. The lowest BCUT2D eigenvalue weighted by Gasteiger charge is -2.21. The Kier molecular flexibility index (Phi) is 4.09. The number of hydrogen-bond donors (Lipinski definition) is 0. The van der Waals surface area contributed by atoms with E-state index in [-0.39, 0.29) is 24.4 Å². The zero-order valence-electron chi connectivity index (χ0n) is 10.9. The first-order chi connectivity index (χ1) is 7.84. The number of aromatic nitrogens is 2. The topological polar surface area (TPSA) is 68.3 Å². The third kappa shape index (κ3) is 2.95. The van der Waals surface area contributed by atoms with Crippen LogP contribution in [0.2, 0.25) is 0 Å². The van der Waals surface area contributed by atoms with Gasteiger partial charge in [-0.15, -0.1) is 0 Å². The van der Waals surface area contributed by atoms with E-state index < -0.39 is 5.76 Å². The Hall–Kier alpha value is -1.59. The van der Waals surface area contributed by atoms with Crippen molar-refractivity contribution in [3.8, 4) is 0 Å². The van der Waals surface area contributed by atoms with Crippen LogP contribution in [0.1, 0.15) is 39.4 Å². The maximum absolute atomic E-state index is 11.9. The second kappa shape index (κ2) is 5.16. The second-order valence-corrected chi connectivity index (χ2v) is 4.65. The predicted molar refractivity (Wildman–Crippen MR) is 62.8 cm³/mol. The van der Waals surface area contributed by atoms with E-state index in [1.807, 2.05) is 27.7 Å². The molecular weight excluding hydrogens is 222 g/mol. The van der Waals surface area contributed by atoms with Crippen LogP contribution in [0.15, 0.2) is 9.32 Å². The highest BCUT2D eigenvalue weighted by atomic mass is 16.5. The van der Waals surface area contributed by atoms with Gasteiger partial charge < -0.3 is 4.90 Å². The summed E-state index contributed by atoms with van der Waals surface area (Å²) in [6.07, 6.45) is 0. The third-order valence-corrected chi connectivity index (χ3v) is 2.69. The molecule has 1 rings (SSSR count). The van der Waals surface area contributed by atoms with Gasteiger partial charge >= 0.3 is 5.76 Å². The maximum atomic E-state index is 11.9. The van der Waals surface area contributed by atoms with E-state index in [2.05, 4.69) is 9.68 Å². The minimum absolute atomic E-state index is 0.0233. The summed E-state index contributed by atoms with van der Waals surface area (Å²) in [5.74, 6) is -0.175. The summed E-state index contributed by atoms with van der Waals surface area (Å²) in [5, 5.41) is 3.68. The molecule has 1 heterocycles. The number of amides is 1. The van der Waals surface area contributed by atoms with Gasteiger partial charge in [-0.1, -0.05) is 19.0 Å². The molecule has 0 spiro atoms. The van der Waals surface area contributed by atoms with Crippen LogP contribution < -0.4 is 5.76 Å². The van der Waals surface area contributed by atoms with Crippen molar-refractivity contribution >= 4 is 5.91 Å². The Morgan fingerprint density at radius 1 is 1.41 bits per heavy atom. The summed E-state index contributed by atoms with van der Waals surface area (Å²) in [6, 6.07) is 0.0977. The monoisotopic (exact) mass is 241 g/mol. The number of carbonyl (C=O) groups is 1. The van der Waals surface area contributed by atoms with Crippen LogP contribution in [-0.4, -0.2) is 33.6 Å². The predicted octanol–water partition coefficient (Wildman–Crippen LogP) is 0.827. The van der Waals surface area contributed by atoms with Gasteiger partial charge in [0.05, 0.1) is 0 Å². The van der Waals surface area contributed by atoms with E-state index in [0.717, 1.165) is 0 Å². The minimum Gasteiger partial charge on any atom is -0.342 e. The molecule has 0 saturated carbocycles. The molecule has 0 aliphatic carbocycles. The Bertz CT molecular complexity index is 445. The maximum Gasteiger partial charge on any atom is 0.442 e. The van der Waals surface area contributed by atoms with Gasteiger partial charge in [0, 0.05) is 19.0 Å². The Labute approximate surface area is 100 Å². The molecule has 0 bridgehead atoms.